The normalized spacial score (nSPS) is 21.4. The molecule has 3 fully saturated rings. The minimum absolute atomic E-state index is 0.0664. The first-order chi connectivity index (χ1) is 26.0. The fraction of sp³-hybridized carbons (Fsp3) is 0.444. The second-order valence-electron chi connectivity index (χ2n) is 16.2. The number of likely N-dealkylation sites (tertiary alicyclic amines) is 2. The number of nitrogens with zero attached hydrogens (tertiary/aromatic N) is 6. The molecule has 9 heteroatoms. The third-order valence-corrected chi connectivity index (χ3v) is 12.8. The zero-order valence-corrected chi connectivity index (χ0v) is 32.4. The number of carbonyl (C=O) groups excluding carboxylic acids is 2. The van der Waals surface area contributed by atoms with Crippen LogP contribution in [0, 0.1) is 5.82 Å². The van der Waals surface area contributed by atoms with Crippen LogP contribution in [0.4, 0.5) is 21.5 Å². The van der Waals surface area contributed by atoms with Crippen molar-refractivity contribution in [2.75, 3.05) is 43.0 Å². The Balaban J connectivity index is 1.22. The molecule has 8 rings (SSSR count). The maximum Gasteiger partial charge on any atom is 0.238 e. The highest BCUT2D eigenvalue weighted by Crippen LogP contribution is 2.52. The Morgan fingerprint density at radius 2 is 1.70 bits per heavy atom. The molecule has 1 aliphatic carbocycles. The maximum atomic E-state index is 15.9. The van der Waals surface area contributed by atoms with Gasteiger partial charge < -0.3 is 24.2 Å². The number of aromatic nitrogens is 2. The molecule has 3 aromatic carbocycles. The SMILES string of the molecule is C=Cc1cc(F)c(N(C)c2cc(-c3ccc4c(c3)N(C3CC(N5CCCCC5)C3)C(=O)C43CCN(C(C)=O)CC3)cc3ncn(C(C)C)c23)cc1/C=C\C. The molecule has 3 aliphatic heterocycles. The molecule has 54 heavy (non-hydrogen) atoms. The summed E-state index contributed by atoms with van der Waals surface area (Å²) in [6.45, 7) is 15.2. The van der Waals surface area contributed by atoms with Gasteiger partial charge in [0.05, 0.1) is 34.2 Å². The third kappa shape index (κ3) is 5.95. The summed E-state index contributed by atoms with van der Waals surface area (Å²) in [4.78, 5) is 40.6. The molecule has 0 N–H and O–H groups in total. The van der Waals surface area contributed by atoms with Gasteiger partial charge in [-0.15, -0.1) is 0 Å². The molecule has 4 aromatic rings. The topological polar surface area (TPSA) is 64.9 Å². The first-order valence-corrected chi connectivity index (χ1v) is 19.9. The standard InChI is InChI=1S/C45H53FN6O2/c1-7-12-32-24-41(38(46)21-31(32)8-2)48(6)42-25-34(22-39-43(42)51(28-47-39)29(3)4)33-13-14-37-40(23-33)52(36-26-35(27-36)50-17-10-9-11-18-50)44(54)45(37)15-19-49(20-16-45)30(5)53/h7-8,12-14,21-25,28-29,35-36H,2,9-11,15-20,26-27H2,1,3-6H3/b12-7-. The van der Waals surface area contributed by atoms with E-state index in [1.165, 1.54) is 19.3 Å². The summed E-state index contributed by atoms with van der Waals surface area (Å²) in [6.07, 6.45) is 14.6. The molecular formula is C45H53FN6O2. The second-order valence-corrected chi connectivity index (χ2v) is 16.2. The third-order valence-electron chi connectivity index (χ3n) is 12.8. The molecule has 2 saturated heterocycles. The molecule has 4 heterocycles. The van der Waals surface area contributed by atoms with Gasteiger partial charge in [0, 0.05) is 50.9 Å². The number of rotatable bonds is 8. The molecule has 8 nitrogen and oxygen atoms in total. The molecular weight excluding hydrogens is 676 g/mol. The summed E-state index contributed by atoms with van der Waals surface area (Å²) in [6, 6.07) is 15.0. The van der Waals surface area contributed by atoms with Crippen molar-refractivity contribution in [3.05, 3.63) is 84.0 Å². The number of benzene rings is 3. The van der Waals surface area contributed by atoms with Crippen molar-refractivity contribution < 1.29 is 14.0 Å². The molecule has 1 aromatic heterocycles. The van der Waals surface area contributed by atoms with Gasteiger partial charge in [0.1, 0.15) is 5.82 Å². The molecule has 4 aliphatic rings. The lowest BCUT2D eigenvalue weighted by Crippen LogP contribution is -2.58. The first kappa shape index (κ1) is 36.2. The molecule has 1 saturated carbocycles. The number of halogens is 1. The zero-order chi connectivity index (χ0) is 37.9. The van der Waals surface area contributed by atoms with E-state index in [2.05, 4.69) is 65.1 Å². The molecule has 0 radical (unpaired) electrons. The van der Waals surface area contributed by atoms with Crippen molar-refractivity contribution >= 4 is 52.1 Å². The number of fused-ring (bicyclic) bond motifs is 3. The minimum atomic E-state index is -0.624. The molecule has 2 amide bonds. The van der Waals surface area contributed by atoms with Gasteiger partial charge in [-0.05, 0) is 131 Å². The zero-order valence-electron chi connectivity index (χ0n) is 32.4. The summed E-state index contributed by atoms with van der Waals surface area (Å²) in [5.41, 5.74) is 8.10. The summed E-state index contributed by atoms with van der Waals surface area (Å²) >= 11 is 0. The summed E-state index contributed by atoms with van der Waals surface area (Å²) in [7, 11) is 1.91. The Morgan fingerprint density at radius 3 is 2.37 bits per heavy atom. The van der Waals surface area contributed by atoms with Gasteiger partial charge in [-0.1, -0.05) is 43.4 Å². The van der Waals surface area contributed by atoms with Crippen LogP contribution in [0.2, 0.25) is 0 Å². The first-order valence-electron chi connectivity index (χ1n) is 19.9. The Labute approximate surface area is 318 Å². The quantitative estimate of drug-likeness (QED) is 0.181. The summed E-state index contributed by atoms with van der Waals surface area (Å²) in [5, 5.41) is 0. The molecule has 0 bridgehead atoms. The van der Waals surface area contributed by atoms with Gasteiger partial charge in [-0.25, -0.2) is 9.37 Å². The van der Waals surface area contributed by atoms with E-state index >= 15 is 4.39 Å². The van der Waals surface area contributed by atoms with Crippen LogP contribution in [0.3, 0.4) is 0 Å². The predicted octanol–water partition coefficient (Wildman–Crippen LogP) is 9.11. The average Bonchev–Trinajstić information content (AvgIpc) is 3.69. The van der Waals surface area contributed by atoms with E-state index in [0.29, 0.717) is 37.7 Å². The maximum absolute atomic E-state index is 15.9. The van der Waals surface area contributed by atoms with Gasteiger partial charge in [0.2, 0.25) is 11.8 Å². The lowest BCUT2D eigenvalue weighted by molar-refractivity contribution is -0.134. The monoisotopic (exact) mass is 728 g/mol. The van der Waals surface area contributed by atoms with E-state index in [1.54, 1.807) is 19.1 Å². The predicted molar refractivity (Wildman–Crippen MR) is 218 cm³/mol. The summed E-state index contributed by atoms with van der Waals surface area (Å²) in [5.74, 6) is -0.0652. The van der Waals surface area contributed by atoms with Crippen LogP contribution in [0.1, 0.15) is 95.4 Å². The van der Waals surface area contributed by atoms with Crippen molar-refractivity contribution in [3.63, 3.8) is 0 Å². The van der Waals surface area contributed by atoms with E-state index in [4.69, 9.17) is 4.98 Å². The average molecular weight is 729 g/mol. The van der Waals surface area contributed by atoms with Crippen LogP contribution in [0.15, 0.2) is 61.4 Å². The minimum Gasteiger partial charge on any atom is -0.343 e. The number of allylic oxidation sites excluding steroid dienone is 1. The molecule has 282 valence electrons. The van der Waals surface area contributed by atoms with Gasteiger partial charge in [-0.2, -0.15) is 0 Å². The number of carbonyl (C=O) groups is 2. The van der Waals surface area contributed by atoms with Crippen LogP contribution >= 0.6 is 0 Å². The van der Waals surface area contributed by atoms with Crippen molar-refractivity contribution in [2.24, 2.45) is 0 Å². The number of imidazole rings is 1. The molecule has 0 unspecified atom stereocenters. The van der Waals surface area contributed by atoms with Crippen molar-refractivity contribution in [1.29, 1.82) is 0 Å². The van der Waals surface area contributed by atoms with Crippen LogP contribution in [-0.2, 0) is 15.0 Å². The van der Waals surface area contributed by atoms with E-state index in [1.807, 2.05) is 48.3 Å². The van der Waals surface area contributed by atoms with E-state index in [9.17, 15) is 9.59 Å². The van der Waals surface area contributed by atoms with Crippen molar-refractivity contribution in [1.82, 2.24) is 19.4 Å². The smallest absolute Gasteiger partial charge is 0.238 e. The van der Waals surface area contributed by atoms with E-state index < -0.39 is 5.41 Å². The van der Waals surface area contributed by atoms with Crippen molar-refractivity contribution in [3.8, 4) is 11.1 Å². The number of anilines is 3. The lowest BCUT2D eigenvalue weighted by atomic mass is 9.73. The largest absolute Gasteiger partial charge is 0.343 e. The van der Waals surface area contributed by atoms with Gasteiger partial charge in [0.25, 0.3) is 0 Å². The number of hydrogen-bond donors (Lipinski definition) is 0. The Morgan fingerprint density at radius 1 is 0.963 bits per heavy atom. The van der Waals surface area contributed by atoms with Gasteiger partial charge in [-0.3, -0.25) is 9.59 Å². The summed E-state index contributed by atoms with van der Waals surface area (Å²) < 4.78 is 18.1. The van der Waals surface area contributed by atoms with Crippen LogP contribution in [0.25, 0.3) is 34.3 Å². The highest BCUT2D eigenvalue weighted by Gasteiger charge is 2.55. The van der Waals surface area contributed by atoms with Crippen LogP contribution < -0.4 is 9.80 Å². The van der Waals surface area contributed by atoms with Crippen LogP contribution in [0.5, 0.6) is 0 Å². The van der Waals surface area contributed by atoms with E-state index in [0.717, 1.165) is 76.2 Å². The number of amides is 2. The number of hydrogen-bond acceptors (Lipinski definition) is 5. The molecule has 0 atom stereocenters. The highest BCUT2D eigenvalue weighted by atomic mass is 19.1. The van der Waals surface area contributed by atoms with Gasteiger partial charge in [0.15, 0.2) is 0 Å². The fourth-order valence-corrected chi connectivity index (χ4v) is 9.61. The Bertz CT molecular complexity index is 2150. The number of piperidine rings is 2. The van der Waals surface area contributed by atoms with Crippen LogP contribution in [-0.4, -0.2) is 76.5 Å². The Kier molecular flexibility index (Phi) is 9.49. The van der Waals surface area contributed by atoms with Gasteiger partial charge >= 0.3 is 0 Å². The Hall–Kier alpha value is -4.76. The molecule has 1 spiro atoms. The lowest BCUT2D eigenvalue weighted by Gasteiger charge is -2.48. The second kappa shape index (κ2) is 14.1. The highest BCUT2D eigenvalue weighted by molar-refractivity contribution is 6.10. The fourth-order valence-electron chi connectivity index (χ4n) is 9.61. The van der Waals surface area contributed by atoms with E-state index in [-0.39, 0.29) is 29.7 Å². The van der Waals surface area contributed by atoms with Crippen molar-refractivity contribution in [2.45, 2.75) is 96.2 Å².